The second kappa shape index (κ2) is 7.78. The molecule has 25 heavy (non-hydrogen) atoms. The lowest BCUT2D eigenvalue weighted by atomic mass is 10.0. The summed E-state index contributed by atoms with van der Waals surface area (Å²) in [7, 11) is 0. The molecule has 132 valence electrons. The molecule has 0 spiro atoms. The van der Waals surface area contributed by atoms with Gasteiger partial charge in [-0.2, -0.15) is 0 Å². The average molecular weight is 357 g/mol. The molecule has 2 heterocycles. The van der Waals surface area contributed by atoms with Crippen LogP contribution in [0.1, 0.15) is 36.8 Å². The van der Waals surface area contributed by atoms with Gasteiger partial charge in [0.25, 0.3) is 0 Å². The maximum atomic E-state index is 12.3. The van der Waals surface area contributed by atoms with Crippen LogP contribution in [-0.4, -0.2) is 29.9 Å². The normalized spacial score (nSPS) is 17.3. The van der Waals surface area contributed by atoms with E-state index in [2.05, 4.69) is 36.3 Å². The van der Waals surface area contributed by atoms with Crippen LogP contribution in [0, 0.1) is 5.92 Å². The van der Waals surface area contributed by atoms with Gasteiger partial charge in [0.1, 0.15) is 0 Å². The summed E-state index contributed by atoms with van der Waals surface area (Å²) >= 11 is 1.58. The number of nitrogens with zero attached hydrogens (tertiary/aromatic N) is 2. The molecular formula is C19H23N3O2S. The number of hydrogen-bond acceptors (Lipinski definition) is 4. The van der Waals surface area contributed by atoms with E-state index in [-0.39, 0.29) is 24.2 Å². The molecule has 1 fully saturated rings. The monoisotopic (exact) mass is 357 g/mol. The summed E-state index contributed by atoms with van der Waals surface area (Å²) in [6.45, 7) is 5.28. The highest BCUT2D eigenvalue weighted by atomic mass is 32.1. The molecule has 2 aromatic rings. The largest absolute Gasteiger partial charge is 0.355 e. The van der Waals surface area contributed by atoms with Crippen molar-refractivity contribution in [2.75, 3.05) is 18.0 Å². The van der Waals surface area contributed by atoms with Crippen LogP contribution in [0.5, 0.6) is 0 Å². The van der Waals surface area contributed by atoms with Crippen molar-refractivity contribution in [3.63, 3.8) is 0 Å². The fraction of sp³-hybridized carbons (Fsp3) is 0.421. The van der Waals surface area contributed by atoms with E-state index < -0.39 is 0 Å². The van der Waals surface area contributed by atoms with Crippen LogP contribution in [0.2, 0.25) is 0 Å². The third kappa shape index (κ3) is 4.25. The molecule has 1 aliphatic heterocycles. The molecular weight excluding hydrogens is 334 g/mol. The fourth-order valence-electron chi connectivity index (χ4n) is 2.99. The first-order chi connectivity index (χ1) is 12.0. The van der Waals surface area contributed by atoms with Gasteiger partial charge in [-0.05, 0) is 23.6 Å². The van der Waals surface area contributed by atoms with Crippen molar-refractivity contribution in [3.8, 4) is 0 Å². The minimum Gasteiger partial charge on any atom is -0.355 e. The second-order valence-electron chi connectivity index (χ2n) is 6.62. The van der Waals surface area contributed by atoms with E-state index >= 15 is 0 Å². The molecule has 0 bridgehead atoms. The summed E-state index contributed by atoms with van der Waals surface area (Å²) < 4.78 is 0. The number of benzene rings is 1. The predicted octanol–water partition coefficient (Wildman–Crippen LogP) is 2.98. The van der Waals surface area contributed by atoms with Gasteiger partial charge in [-0.3, -0.25) is 9.59 Å². The summed E-state index contributed by atoms with van der Waals surface area (Å²) in [4.78, 5) is 30.6. The van der Waals surface area contributed by atoms with E-state index in [9.17, 15) is 9.59 Å². The van der Waals surface area contributed by atoms with Gasteiger partial charge in [-0.1, -0.05) is 26.0 Å². The van der Waals surface area contributed by atoms with Crippen molar-refractivity contribution in [1.82, 2.24) is 10.3 Å². The van der Waals surface area contributed by atoms with Gasteiger partial charge in [-0.15, -0.1) is 11.3 Å². The zero-order valence-electron chi connectivity index (χ0n) is 14.6. The first-order valence-electron chi connectivity index (χ1n) is 8.61. The fourth-order valence-corrected chi connectivity index (χ4v) is 3.61. The Hall–Kier alpha value is -2.21. The zero-order chi connectivity index (χ0) is 17.8. The quantitative estimate of drug-likeness (QED) is 0.864. The number of carbonyl (C=O) groups excluding carboxylic acids is 2. The Balaban J connectivity index is 1.55. The molecule has 0 radical (unpaired) electrons. The second-order valence-corrected chi connectivity index (χ2v) is 7.60. The number of nitrogens with one attached hydrogen (secondary N) is 1. The molecule has 1 N–H and O–H groups in total. The first-order valence-corrected chi connectivity index (χ1v) is 9.49. The van der Waals surface area contributed by atoms with E-state index in [0.717, 1.165) is 17.1 Å². The SMILES string of the molecule is CC(C)c1ccc(N2C[C@H](C(=O)NCCc3nccs3)CC2=O)cc1. The smallest absolute Gasteiger partial charge is 0.227 e. The van der Waals surface area contributed by atoms with Crippen molar-refractivity contribution in [2.24, 2.45) is 5.92 Å². The van der Waals surface area contributed by atoms with E-state index in [1.165, 1.54) is 5.56 Å². The molecule has 0 aliphatic carbocycles. The van der Waals surface area contributed by atoms with Gasteiger partial charge in [-0.25, -0.2) is 4.98 Å². The standard InChI is InChI=1S/C19H23N3O2S/c1-13(2)14-3-5-16(6-4-14)22-12-15(11-18(22)23)19(24)21-8-7-17-20-9-10-25-17/h3-6,9-10,13,15H,7-8,11-12H2,1-2H3,(H,21,24)/t15-/m1/s1. The molecule has 2 amide bonds. The average Bonchev–Trinajstić information content (AvgIpc) is 3.24. The summed E-state index contributed by atoms with van der Waals surface area (Å²) in [6, 6.07) is 8.04. The molecule has 1 aromatic carbocycles. The van der Waals surface area contributed by atoms with Gasteiger partial charge < -0.3 is 10.2 Å². The van der Waals surface area contributed by atoms with E-state index in [0.29, 0.717) is 19.0 Å². The van der Waals surface area contributed by atoms with Crippen LogP contribution in [-0.2, 0) is 16.0 Å². The molecule has 0 saturated carbocycles. The molecule has 1 aliphatic rings. The molecule has 1 atom stereocenters. The first kappa shape index (κ1) is 17.6. The highest BCUT2D eigenvalue weighted by Crippen LogP contribution is 2.27. The minimum absolute atomic E-state index is 0.0115. The lowest BCUT2D eigenvalue weighted by molar-refractivity contribution is -0.126. The maximum Gasteiger partial charge on any atom is 0.227 e. The molecule has 5 nitrogen and oxygen atoms in total. The van der Waals surface area contributed by atoms with Crippen LogP contribution in [0.25, 0.3) is 0 Å². The number of carbonyl (C=O) groups is 2. The molecule has 6 heteroatoms. The summed E-state index contributed by atoms with van der Waals surface area (Å²) in [5, 5.41) is 5.86. The topological polar surface area (TPSA) is 62.3 Å². The predicted molar refractivity (Wildman–Crippen MR) is 99.8 cm³/mol. The number of anilines is 1. The lowest BCUT2D eigenvalue weighted by Gasteiger charge is -2.17. The van der Waals surface area contributed by atoms with Gasteiger partial charge in [0.05, 0.1) is 10.9 Å². The molecule has 1 aromatic heterocycles. The van der Waals surface area contributed by atoms with E-state index in [4.69, 9.17) is 0 Å². The van der Waals surface area contributed by atoms with Crippen molar-refractivity contribution < 1.29 is 9.59 Å². The summed E-state index contributed by atoms with van der Waals surface area (Å²) in [6.07, 6.45) is 2.76. The number of thiazole rings is 1. The summed E-state index contributed by atoms with van der Waals surface area (Å²) in [5.41, 5.74) is 2.11. The highest BCUT2D eigenvalue weighted by Gasteiger charge is 2.34. The Kier molecular flexibility index (Phi) is 5.48. The molecule has 0 unspecified atom stereocenters. The van der Waals surface area contributed by atoms with Gasteiger partial charge in [0, 0.05) is 43.2 Å². The third-order valence-corrected chi connectivity index (χ3v) is 5.33. The van der Waals surface area contributed by atoms with Gasteiger partial charge in [0.15, 0.2) is 0 Å². The van der Waals surface area contributed by atoms with Crippen LogP contribution in [0.3, 0.4) is 0 Å². The maximum absolute atomic E-state index is 12.3. The zero-order valence-corrected chi connectivity index (χ0v) is 15.4. The number of amides is 2. The Morgan fingerprint density at radius 2 is 2.12 bits per heavy atom. The van der Waals surface area contributed by atoms with Crippen LogP contribution < -0.4 is 10.2 Å². The number of aromatic nitrogens is 1. The number of rotatable bonds is 6. The lowest BCUT2D eigenvalue weighted by Crippen LogP contribution is -2.34. The Labute approximate surface area is 152 Å². The molecule has 1 saturated heterocycles. The highest BCUT2D eigenvalue weighted by molar-refractivity contribution is 7.09. The van der Waals surface area contributed by atoms with E-state index in [1.54, 1.807) is 22.4 Å². The Morgan fingerprint density at radius 1 is 1.36 bits per heavy atom. The Morgan fingerprint density at radius 3 is 2.76 bits per heavy atom. The molecule has 3 rings (SSSR count). The van der Waals surface area contributed by atoms with Gasteiger partial charge in [0.2, 0.25) is 11.8 Å². The van der Waals surface area contributed by atoms with E-state index in [1.807, 2.05) is 17.5 Å². The summed E-state index contributed by atoms with van der Waals surface area (Å²) in [5.74, 6) is 0.136. The van der Waals surface area contributed by atoms with Crippen LogP contribution in [0.15, 0.2) is 35.8 Å². The van der Waals surface area contributed by atoms with Crippen molar-refractivity contribution in [1.29, 1.82) is 0 Å². The van der Waals surface area contributed by atoms with Crippen molar-refractivity contribution >= 4 is 28.8 Å². The Bertz CT molecular complexity index is 726. The van der Waals surface area contributed by atoms with Crippen molar-refractivity contribution in [2.45, 2.75) is 32.6 Å². The number of hydrogen-bond donors (Lipinski definition) is 1. The third-order valence-electron chi connectivity index (χ3n) is 4.49. The minimum atomic E-state index is -0.284. The van der Waals surface area contributed by atoms with Crippen LogP contribution in [0.4, 0.5) is 5.69 Å². The van der Waals surface area contributed by atoms with Crippen molar-refractivity contribution in [3.05, 3.63) is 46.4 Å². The van der Waals surface area contributed by atoms with Gasteiger partial charge >= 0.3 is 0 Å². The van der Waals surface area contributed by atoms with Crippen LogP contribution >= 0.6 is 11.3 Å².